The van der Waals surface area contributed by atoms with Crippen LogP contribution in [0.3, 0.4) is 0 Å². The lowest BCUT2D eigenvalue weighted by atomic mass is 9.97. The Kier molecular flexibility index (Phi) is 12.2. The summed E-state index contributed by atoms with van der Waals surface area (Å²) in [6.07, 6.45) is -13.6. The molecule has 254 valence electrons. The molecule has 0 amide bonds. The highest BCUT2D eigenvalue weighted by Gasteiger charge is 2.51. The van der Waals surface area contributed by atoms with Crippen molar-refractivity contribution in [2.75, 3.05) is 26.9 Å². The van der Waals surface area contributed by atoms with Gasteiger partial charge < -0.3 is 74.4 Å². The number of carbonyl (C=O) groups is 1. The molecule has 10 atom stereocenters. The number of aliphatic hydroxyl groups is 6. The van der Waals surface area contributed by atoms with Crippen LogP contribution in [-0.2, 0) is 34.9 Å². The molecule has 0 aliphatic carbocycles. The number of carbonyl (C=O) groups excluding carboxylic acids is 1. The van der Waals surface area contributed by atoms with Crippen molar-refractivity contribution in [2.45, 2.75) is 67.8 Å². The van der Waals surface area contributed by atoms with Gasteiger partial charge in [0.15, 0.2) is 35.6 Å². The molecular formula is C30H38O16. The quantitative estimate of drug-likeness (QED) is 0.0699. The van der Waals surface area contributed by atoms with Crippen molar-refractivity contribution in [3.63, 3.8) is 0 Å². The summed E-state index contributed by atoms with van der Waals surface area (Å²) in [6.45, 7) is -1.40. The van der Waals surface area contributed by atoms with Crippen LogP contribution in [-0.4, -0.2) is 140 Å². The van der Waals surface area contributed by atoms with Gasteiger partial charge in [0.1, 0.15) is 55.4 Å². The number of rotatable bonds is 12. The summed E-state index contributed by atoms with van der Waals surface area (Å²) in [5, 5.41) is 91.3. The van der Waals surface area contributed by atoms with Gasteiger partial charge in [-0.25, -0.2) is 4.79 Å². The predicted molar refractivity (Wildman–Crippen MR) is 153 cm³/mol. The average molecular weight is 655 g/mol. The smallest absolute Gasteiger partial charge is 0.330 e. The number of hydrogen-bond donors (Lipinski definition) is 9. The van der Waals surface area contributed by atoms with Gasteiger partial charge >= 0.3 is 5.97 Å². The third-order valence-corrected chi connectivity index (χ3v) is 7.50. The summed E-state index contributed by atoms with van der Waals surface area (Å²) in [6, 6.07) is 8.52. The van der Waals surface area contributed by atoms with E-state index in [-0.39, 0.29) is 36.0 Å². The molecule has 4 rings (SSSR count). The highest BCUT2D eigenvalue weighted by Crippen LogP contribution is 2.31. The average Bonchev–Trinajstić information content (AvgIpc) is 3.04. The number of methoxy groups -OCH3 is 1. The van der Waals surface area contributed by atoms with Gasteiger partial charge in [-0.2, -0.15) is 0 Å². The summed E-state index contributed by atoms with van der Waals surface area (Å²) >= 11 is 0. The molecule has 2 aromatic carbocycles. The van der Waals surface area contributed by atoms with Crippen LogP contribution < -0.4 is 4.74 Å². The van der Waals surface area contributed by atoms with Gasteiger partial charge in [0, 0.05) is 6.08 Å². The minimum Gasteiger partial charge on any atom is -0.504 e. The van der Waals surface area contributed by atoms with Gasteiger partial charge in [-0.1, -0.05) is 12.1 Å². The first-order valence-electron chi connectivity index (χ1n) is 14.2. The van der Waals surface area contributed by atoms with Crippen LogP contribution in [0.25, 0.3) is 6.08 Å². The Bertz CT molecular complexity index is 1330. The van der Waals surface area contributed by atoms with E-state index in [2.05, 4.69) is 0 Å². The second kappa shape index (κ2) is 15.8. The zero-order valence-corrected chi connectivity index (χ0v) is 24.6. The number of hydrogen-bond acceptors (Lipinski definition) is 16. The number of esters is 1. The lowest BCUT2D eigenvalue weighted by Gasteiger charge is -2.46. The van der Waals surface area contributed by atoms with Crippen molar-refractivity contribution in [3.8, 4) is 23.0 Å². The Hall–Kier alpha value is -3.55. The number of phenols is 3. The molecule has 0 saturated carbocycles. The van der Waals surface area contributed by atoms with Crippen LogP contribution >= 0.6 is 0 Å². The molecule has 2 heterocycles. The zero-order chi connectivity index (χ0) is 33.5. The minimum absolute atomic E-state index is 0.0914. The van der Waals surface area contributed by atoms with E-state index in [4.69, 9.17) is 28.4 Å². The van der Waals surface area contributed by atoms with Crippen LogP contribution in [0, 0.1) is 0 Å². The highest BCUT2D eigenvalue weighted by atomic mass is 16.7. The van der Waals surface area contributed by atoms with E-state index in [0.29, 0.717) is 11.1 Å². The molecule has 2 saturated heterocycles. The van der Waals surface area contributed by atoms with Gasteiger partial charge in [0.2, 0.25) is 0 Å². The number of phenolic OH excluding ortho intramolecular Hbond substituents is 3. The van der Waals surface area contributed by atoms with Gasteiger partial charge in [0.05, 0.1) is 20.3 Å². The van der Waals surface area contributed by atoms with Crippen molar-refractivity contribution in [1.82, 2.24) is 0 Å². The lowest BCUT2D eigenvalue weighted by molar-refractivity contribution is -0.360. The molecule has 2 aliphatic heterocycles. The Morgan fingerprint density at radius 3 is 2.24 bits per heavy atom. The van der Waals surface area contributed by atoms with Crippen LogP contribution in [0.1, 0.15) is 11.1 Å². The van der Waals surface area contributed by atoms with Crippen LogP contribution in [0.4, 0.5) is 0 Å². The molecule has 16 heteroatoms. The summed E-state index contributed by atoms with van der Waals surface area (Å²) < 4.78 is 32.7. The lowest BCUT2D eigenvalue weighted by Crippen LogP contribution is -2.65. The molecule has 0 spiro atoms. The summed E-state index contributed by atoms with van der Waals surface area (Å²) in [5.74, 6) is -1.40. The van der Waals surface area contributed by atoms with E-state index in [0.717, 1.165) is 6.08 Å². The first-order valence-corrected chi connectivity index (χ1v) is 14.2. The Balaban J connectivity index is 1.46. The maximum Gasteiger partial charge on any atom is 0.330 e. The highest BCUT2D eigenvalue weighted by molar-refractivity contribution is 5.87. The van der Waals surface area contributed by atoms with E-state index < -0.39 is 80.6 Å². The fourth-order valence-electron chi connectivity index (χ4n) is 4.87. The van der Waals surface area contributed by atoms with E-state index in [1.165, 1.54) is 49.6 Å². The first kappa shape index (κ1) is 35.3. The summed E-state index contributed by atoms with van der Waals surface area (Å²) in [4.78, 5) is 12.5. The zero-order valence-electron chi connectivity index (χ0n) is 24.6. The number of benzene rings is 2. The number of aromatic hydroxyl groups is 3. The second-order valence-corrected chi connectivity index (χ2v) is 10.7. The molecule has 0 unspecified atom stereocenters. The van der Waals surface area contributed by atoms with E-state index in [9.17, 15) is 50.8 Å². The van der Waals surface area contributed by atoms with Crippen molar-refractivity contribution >= 4 is 12.0 Å². The topological polar surface area (TPSA) is 255 Å². The van der Waals surface area contributed by atoms with Gasteiger partial charge in [-0.3, -0.25) is 0 Å². The molecule has 0 aromatic heterocycles. The van der Waals surface area contributed by atoms with Crippen LogP contribution in [0.15, 0.2) is 42.5 Å². The summed E-state index contributed by atoms with van der Waals surface area (Å²) in [7, 11) is 1.37. The van der Waals surface area contributed by atoms with Gasteiger partial charge in [-0.15, -0.1) is 0 Å². The van der Waals surface area contributed by atoms with Crippen molar-refractivity contribution in [1.29, 1.82) is 0 Å². The third kappa shape index (κ3) is 8.42. The fourth-order valence-corrected chi connectivity index (χ4v) is 4.87. The standard InChI is InChI=1S/C30H38O16/c1-41-19-11-14(3-6-17(19)33)4-7-22(35)43-13-21-24(37)28(46-30-26(39)25(38)23(36)20(12-31)44-30)27(40)29(45-21)42-9-8-15-2-5-16(32)18(34)10-15/h2-7,10-11,20-21,23-34,36-40H,8-9,12-13H2,1H3/b7-4+/t20-,21-,23-,24-,25+,26-,27-,28+,29-,30+/m1/s1. The predicted octanol–water partition coefficient (Wildman–Crippen LogP) is -1.74. The van der Waals surface area contributed by atoms with Crippen molar-refractivity contribution in [3.05, 3.63) is 53.6 Å². The molecule has 9 N–H and O–H groups in total. The Morgan fingerprint density at radius 2 is 1.54 bits per heavy atom. The molecule has 0 bridgehead atoms. The van der Waals surface area contributed by atoms with E-state index in [1.54, 1.807) is 0 Å². The molecule has 0 radical (unpaired) electrons. The number of ether oxygens (including phenoxy) is 6. The van der Waals surface area contributed by atoms with Gasteiger partial charge in [0.25, 0.3) is 0 Å². The van der Waals surface area contributed by atoms with Gasteiger partial charge in [-0.05, 0) is 47.9 Å². The second-order valence-electron chi connectivity index (χ2n) is 10.7. The maximum atomic E-state index is 12.5. The van der Waals surface area contributed by atoms with E-state index in [1.807, 2.05) is 0 Å². The summed E-state index contributed by atoms with van der Waals surface area (Å²) in [5.41, 5.74) is 1.07. The molecule has 2 fully saturated rings. The molecule has 46 heavy (non-hydrogen) atoms. The minimum atomic E-state index is -1.85. The molecule has 2 aromatic rings. The normalized spacial score (nSPS) is 31.5. The monoisotopic (exact) mass is 654 g/mol. The van der Waals surface area contributed by atoms with Crippen LogP contribution in [0.2, 0.25) is 0 Å². The van der Waals surface area contributed by atoms with Crippen molar-refractivity contribution < 1.29 is 79.2 Å². The molecular weight excluding hydrogens is 616 g/mol. The third-order valence-electron chi connectivity index (χ3n) is 7.50. The fraction of sp³-hybridized carbons (Fsp3) is 0.500. The molecule has 16 nitrogen and oxygen atoms in total. The van der Waals surface area contributed by atoms with E-state index >= 15 is 0 Å². The first-order chi connectivity index (χ1) is 21.9. The maximum absolute atomic E-state index is 12.5. The van der Waals surface area contributed by atoms with Crippen molar-refractivity contribution in [2.24, 2.45) is 0 Å². The molecule has 2 aliphatic rings. The SMILES string of the molecule is COc1cc(/C=C/C(=O)OC[C@H]2O[C@@H](OCCc3ccc(O)c(O)c3)[C@H](O)[C@@H](O[C@@H]3O[C@H](CO)[C@@H](O)[C@H](O)[C@H]3O)[C@@H]2O)ccc1O. The van der Waals surface area contributed by atoms with Crippen LogP contribution in [0.5, 0.6) is 23.0 Å². The Labute approximate surface area is 262 Å². The Morgan fingerprint density at radius 1 is 0.826 bits per heavy atom. The number of aliphatic hydroxyl groups excluding tert-OH is 6. The largest absolute Gasteiger partial charge is 0.504 e.